The third-order valence-corrected chi connectivity index (χ3v) is 4.06. The highest BCUT2D eigenvalue weighted by atomic mass is 16.1. The van der Waals surface area contributed by atoms with Crippen LogP contribution in [0.4, 0.5) is 0 Å². The number of hydrogen-bond donors (Lipinski definition) is 3. The van der Waals surface area contributed by atoms with E-state index in [1.807, 2.05) is 39.4 Å². The second-order valence-corrected chi connectivity index (χ2v) is 6.02. The lowest BCUT2D eigenvalue weighted by Crippen LogP contribution is -2.40. The summed E-state index contributed by atoms with van der Waals surface area (Å²) in [5.41, 5.74) is 3.27. The number of aliphatic imine (C=N–C) groups is 1. The van der Waals surface area contributed by atoms with Gasteiger partial charge >= 0.3 is 0 Å². The number of carbonyl (C=O) groups is 1. The van der Waals surface area contributed by atoms with Crippen LogP contribution >= 0.6 is 0 Å². The van der Waals surface area contributed by atoms with Crippen molar-refractivity contribution in [3.63, 3.8) is 0 Å². The second-order valence-electron chi connectivity index (χ2n) is 6.02. The van der Waals surface area contributed by atoms with E-state index < -0.39 is 0 Å². The minimum atomic E-state index is 0.0617. The summed E-state index contributed by atoms with van der Waals surface area (Å²) >= 11 is 0. The summed E-state index contributed by atoms with van der Waals surface area (Å²) in [4.78, 5) is 16.4. The van der Waals surface area contributed by atoms with Gasteiger partial charge in [0.15, 0.2) is 5.96 Å². The van der Waals surface area contributed by atoms with E-state index in [0.717, 1.165) is 35.9 Å². The summed E-state index contributed by atoms with van der Waals surface area (Å²) in [5.74, 6) is 0.781. The molecule has 0 aliphatic heterocycles. The molecular weight excluding hydrogens is 304 g/mol. The van der Waals surface area contributed by atoms with Crippen LogP contribution in [0.5, 0.6) is 0 Å². The Bertz CT molecular complexity index is 564. The number of aryl methyl sites for hydroxylation is 2. The van der Waals surface area contributed by atoms with Crippen LogP contribution in [-0.2, 0) is 18.4 Å². The summed E-state index contributed by atoms with van der Waals surface area (Å²) < 4.78 is 1.87. The Labute approximate surface area is 145 Å². The average Bonchev–Trinajstić information content (AvgIpc) is 2.77. The van der Waals surface area contributed by atoms with Crippen molar-refractivity contribution in [2.75, 3.05) is 13.1 Å². The van der Waals surface area contributed by atoms with E-state index in [0.29, 0.717) is 19.5 Å². The normalized spacial score (nSPS) is 12.8. The lowest BCUT2D eigenvalue weighted by Gasteiger charge is -2.13. The molecule has 1 unspecified atom stereocenters. The van der Waals surface area contributed by atoms with Crippen LogP contribution < -0.4 is 16.0 Å². The van der Waals surface area contributed by atoms with Crippen LogP contribution in [-0.4, -0.2) is 40.8 Å². The maximum atomic E-state index is 11.8. The van der Waals surface area contributed by atoms with Gasteiger partial charge in [0, 0.05) is 43.9 Å². The number of nitrogens with zero attached hydrogens (tertiary/aromatic N) is 3. The van der Waals surface area contributed by atoms with Crippen LogP contribution in [0.15, 0.2) is 4.99 Å². The SMILES string of the molecule is CCNC(=NCc1c(C)nn(C)c1C)NCCC(=O)NC(C)CC. The molecule has 7 nitrogen and oxygen atoms in total. The number of nitrogens with one attached hydrogen (secondary N) is 3. The molecule has 0 aromatic carbocycles. The van der Waals surface area contributed by atoms with Crippen molar-refractivity contribution < 1.29 is 4.79 Å². The molecule has 1 rings (SSSR count). The minimum Gasteiger partial charge on any atom is -0.357 e. The Morgan fingerprint density at radius 2 is 2.00 bits per heavy atom. The van der Waals surface area contributed by atoms with Gasteiger partial charge in [-0.2, -0.15) is 5.10 Å². The monoisotopic (exact) mass is 336 g/mol. The molecule has 1 heterocycles. The van der Waals surface area contributed by atoms with Crippen molar-refractivity contribution in [3.8, 4) is 0 Å². The van der Waals surface area contributed by atoms with E-state index in [9.17, 15) is 4.79 Å². The van der Waals surface area contributed by atoms with Crippen molar-refractivity contribution in [1.29, 1.82) is 0 Å². The van der Waals surface area contributed by atoms with Crippen molar-refractivity contribution in [2.45, 2.75) is 60.0 Å². The number of carbonyl (C=O) groups excluding carboxylic acids is 1. The van der Waals surface area contributed by atoms with E-state index >= 15 is 0 Å². The highest BCUT2D eigenvalue weighted by molar-refractivity contribution is 5.81. The summed E-state index contributed by atoms with van der Waals surface area (Å²) in [5, 5.41) is 13.8. The van der Waals surface area contributed by atoms with E-state index in [4.69, 9.17) is 0 Å². The van der Waals surface area contributed by atoms with E-state index in [2.05, 4.69) is 33.0 Å². The third kappa shape index (κ3) is 6.22. The fraction of sp³-hybridized carbons (Fsp3) is 0.706. The van der Waals surface area contributed by atoms with Gasteiger partial charge in [0.1, 0.15) is 0 Å². The lowest BCUT2D eigenvalue weighted by atomic mass is 10.2. The molecule has 136 valence electrons. The van der Waals surface area contributed by atoms with E-state index in [-0.39, 0.29) is 11.9 Å². The fourth-order valence-corrected chi connectivity index (χ4v) is 2.29. The topological polar surface area (TPSA) is 83.3 Å². The molecule has 0 aliphatic carbocycles. The predicted octanol–water partition coefficient (Wildman–Crippen LogP) is 1.40. The van der Waals surface area contributed by atoms with Crippen LogP contribution in [0.25, 0.3) is 0 Å². The Morgan fingerprint density at radius 3 is 2.54 bits per heavy atom. The van der Waals surface area contributed by atoms with Crippen molar-refractivity contribution in [2.24, 2.45) is 12.0 Å². The van der Waals surface area contributed by atoms with Gasteiger partial charge in [-0.25, -0.2) is 4.99 Å². The zero-order valence-corrected chi connectivity index (χ0v) is 15.9. The highest BCUT2D eigenvalue weighted by Crippen LogP contribution is 2.12. The summed E-state index contributed by atoms with van der Waals surface area (Å²) in [6.45, 7) is 12.0. The second kappa shape index (κ2) is 9.95. The molecule has 0 saturated carbocycles. The van der Waals surface area contributed by atoms with Gasteiger partial charge in [-0.15, -0.1) is 0 Å². The molecule has 0 bridgehead atoms. The summed E-state index contributed by atoms with van der Waals surface area (Å²) in [6.07, 6.45) is 1.37. The molecule has 1 amide bonds. The minimum absolute atomic E-state index is 0.0617. The van der Waals surface area contributed by atoms with Gasteiger partial charge in [-0.3, -0.25) is 9.48 Å². The Morgan fingerprint density at radius 1 is 1.29 bits per heavy atom. The number of hydrogen-bond acceptors (Lipinski definition) is 3. The van der Waals surface area contributed by atoms with Crippen molar-refractivity contribution >= 4 is 11.9 Å². The first-order chi connectivity index (χ1) is 11.4. The number of rotatable bonds is 8. The number of amides is 1. The molecule has 0 saturated heterocycles. The van der Waals surface area contributed by atoms with Gasteiger partial charge in [-0.1, -0.05) is 6.92 Å². The van der Waals surface area contributed by atoms with E-state index in [1.54, 1.807) is 0 Å². The lowest BCUT2D eigenvalue weighted by molar-refractivity contribution is -0.121. The van der Waals surface area contributed by atoms with Crippen molar-refractivity contribution in [3.05, 3.63) is 17.0 Å². The first-order valence-corrected chi connectivity index (χ1v) is 8.69. The van der Waals surface area contributed by atoms with Gasteiger partial charge in [0.05, 0.1) is 12.2 Å². The van der Waals surface area contributed by atoms with Gasteiger partial charge in [-0.05, 0) is 34.1 Å². The maximum Gasteiger partial charge on any atom is 0.221 e. The quantitative estimate of drug-likeness (QED) is 0.495. The van der Waals surface area contributed by atoms with Crippen LogP contribution in [0.1, 0.15) is 50.6 Å². The number of aromatic nitrogens is 2. The molecular formula is C17H32N6O. The van der Waals surface area contributed by atoms with Gasteiger partial charge in [0.25, 0.3) is 0 Å². The summed E-state index contributed by atoms with van der Waals surface area (Å²) in [7, 11) is 1.94. The van der Waals surface area contributed by atoms with Crippen LogP contribution in [0, 0.1) is 13.8 Å². The van der Waals surface area contributed by atoms with Gasteiger partial charge in [0.2, 0.25) is 5.91 Å². The zero-order chi connectivity index (χ0) is 18.1. The zero-order valence-electron chi connectivity index (χ0n) is 15.9. The molecule has 0 spiro atoms. The van der Waals surface area contributed by atoms with Crippen molar-refractivity contribution in [1.82, 2.24) is 25.7 Å². The standard InChI is InChI=1S/C17H32N6O/c1-7-12(3)21-16(24)9-10-19-17(18-8-2)20-11-15-13(4)22-23(6)14(15)5/h12H,7-11H2,1-6H3,(H,21,24)(H2,18,19,20). The maximum absolute atomic E-state index is 11.8. The first-order valence-electron chi connectivity index (χ1n) is 8.69. The molecule has 24 heavy (non-hydrogen) atoms. The molecule has 3 N–H and O–H groups in total. The molecule has 0 radical (unpaired) electrons. The molecule has 1 aromatic heterocycles. The molecule has 0 aliphatic rings. The van der Waals surface area contributed by atoms with E-state index in [1.165, 1.54) is 0 Å². The Balaban J connectivity index is 2.55. The highest BCUT2D eigenvalue weighted by Gasteiger charge is 2.09. The average molecular weight is 336 g/mol. The van der Waals surface area contributed by atoms with Crippen LogP contribution in [0.2, 0.25) is 0 Å². The molecule has 0 fully saturated rings. The predicted molar refractivity (Wildman–Crippen MR) is 98.0 cm³/mol. The number of guanidine groups is 1. The fourth-order valence-electron chi connectivity index (χ4n) is 2.29. The smallest absolute Gasteiger partial charge is 0.221 e. The van der Waals surface area contributed by atoms with Gasteiger partial charge < -0.3 is 16.0 Å². The molecule has 7 heteroatoms. The third-order valence-electron chi connectivity index (χ3n) is 4.06. The van der Waals surface area contributed by atoms with Crippen LogP contribution in [0.3, 0.4) is 0 Å². The molecule has 1 aromatic rings. The Kier molecular flexibility index (Phi) is 8.29. The largest absolute Gasteiger partial charge is 0.357 e. The first kappa shape index (κ1) is 20.0. The summed E-state index contributed by atoms with van der Waals surface area (Å²) in [6, 6.07) is 0.218. The molecule has 1 atom stereocenters. The Hall–Kier alpha value is -2.05.